The van der Waals surface area contributed by atoms with E-state index in [-0.39, 0.29) is 59.9 Å². The van der Waals surface area contributed by atoms with Crippen molar-refractivity contribution >= 4 is 11.9 Å². The second-order valence-corrected chi connectivity index (χ2v) is 4.25. The molecule has 2 aromatic rings. The topological polar surface area (TPSA) is 78.5 Å². The summed E-state index contributed by atoms with van der Waals surface area (Å²) < 4.78 is 5.35. The quantitative estimate of drug-likeness (QED) is 0.488. The van der Waals surface area contributed by atoms with Crippen molar-refractivity contribution in [3.63, 3.8) is 0 Å². The molecule has 6 heteroatoms. The molecule has 0 radical (unpaired) electrons. The van der Waals surface area contributed by atoms with Gasteiger partial charge in [-0.2, -0.15) is 0 Å². The van der Waals surface area contributed by atoms with Gasteiger partial charge < -0.3 is 20.0 Å². The number of amides is 1. The van der Waals surface area contributed by atoms with Crippen LogP contribution in [-0.4, -0.2) is 25.0 Å². The van der Waals surface area contributed by atoms with Crippen molar-refractivity contribution in [2.24, 2.45) is 0 Å². The first-order chi connectivity index (χ1) is 10.2. The Morgan fingerprint density at radius 3 is 2.32 bits per heavy atom. The molecule has 5 nitrogen and oxygen atoms in total. The smallest absolute Gasteiger partial charge is 0.545 e. The summed E-state index contributed by atoms with van der Waals surface area (Å²) in [6.45, 7) is 0.442. The van der Waals surface area contributed by atoms with E-state index < -0.39 is 5.97 Å². The molecule has 108 valence electrons. The second-order valence-electron chi connectivity index (χ2n) is 4.25. The molecule has 0 aromatic heterocycles. The zero-order valence-electron chi connectivity index (χ0n) is 12.2. The van der Waals surface area contributed by atoms with Gasteiger partial charge >= 0.3 is 29.6 Å². The maximum atomic E-state index is 11.8. The van der Waals surface area contributed by atoms with Crippen molar-refractivity contribution in [1.29, 1.82) is 0 Å². The summed E-state index contributed by atoms with van der Waals surface area (Å²) in [4.78, 5) is 22.6. The average Bonchev–Trinajstić information content (AvgIpc) is 2.52. The molecule has 0 aliphatic carbocycles. The van der Waals surface area contributed by atoms with Crippen LogP contribution in [0.15, 0.2) is 54.6 Å². The normalized spacial score (nSPS) is 9.45. The van der Waals surface area contributed by atoms with Gasteiger partial charge in [0.15, 0.2) is 0 Å². The maximum absolute atomic E-state index is 11.8. The number of nitrogens with one attached hydrogen (secondary N) is 1. The van der Waals surface area contributed by atoms with Gasteiger partial charge in [-0.15, -0.1) is 0 Å². The number of aromatic carboxylic acids is 1. The van der Waals surface area contributed by atoms with E-state index >= 15 is 0 Å². The molecule has 1 N–H and O–H groups in total. The van der Waals surface area contributed by atoms with Crippen LogP contribution in [0.5, 0.6) is 5.75 Å². The number of rotatable bonds is 6. The van der Waals surface area contributed by atoms with Gasteiger partial charge in [-0.25, -0.2) is 0 Å². The molecule has 0 aliphatic heterocycles. The summed E-state index contributed by atoms with van der Waals surface area (Å²) >= 11 is 0. The van der Waals surface area contributed by atoms with Crippen LogP contribution in [0.4, 0.5) is 0 Å². The van der Waals surface area contributed by atoms with Crippen molar-refractivity contribution in [3.05, 3.63) is 65.7 Å². The van der Waals surface area contributed by atoms with Gasteiger partial charge in [0.25, 0.3) is 5.91 Å². The van der Waals surface area contributed by atoms with Crippen molar-refractivity contribution in [2.75, 3.05) is 13.2 Å². The Labute approximate surface area is 150 Å². The van der Waals surface area contributed by atoms with Crippen LogP contribution < -0.4 is 44.7 Å². The Morgan fingerprint density at radius 1 is 1.00 bits per heavy atom. The van der Waals surface area contributed by atoms with E-state index in [9.17, 15) is 14.7 Å². The molecule has 0 saturated heterocycles. The molecule has 2 rings (SSSR count). The Balaban J connectivity index is 0.00000242. The van der Waals surface area contributed by atoms with Crippen LogP contribution in [-0.2, 0) is 0 Å². The SMILES string of the molecule is O=C(NCCOc1ccccc1C(=O)[O-])c1ccccc1.[Na+]. The Hall–Kier alpha value is -1.82. The average molecular weight is 307 g/mol. The molecule has 1 amide bonds. The van der Waals surface area contributed by atoms with Crippen LogP contribution in [0, 0.1) is 0 Å². The third kappa shape index (κ3) is 5.18. The molecular weight excluding hydrogens is 293 g/mol. The Morgan fingerprint density at radius 2 is 1.64 bits per heavy atom. The molecule has 22 heavy (non-hydrogen) atoms. The number of hydrogen-bond donors (Lipinski definition) is 1. The third-order valence-electron chi connectivity index (χ3n) is 2.79. The first-order valence-electron chi connectivity index (χ1n) is 6.45. The van der Waals surface area contributed by atoms with Crippen molar-refractivity contribution < 1.29 is 49.0 Å². The van der Waals surface area contributed by atoms with Gasteiger partial charge in [0, 0.05) is 11.1 Å². The fourth-order valence-corrected chi connectivity index (χ4v) is 1.78. The molecule has 0 heterocycles. The van der Waals surface area contributed by atoms with Gasteiger partial charge in [0.1, 0.15) is 12.4 Å². The molecule has 0 aliphatic rings. The van der Waals surface area contributed by atoms with Gasteiger partial charge in [-0.05, 0) is 24.3 Å². The van der Waals surface area contributed by atoms with E-state index in [1.54, 1.807) is 42.5 Å². The number of benzene rings is 2. The summed E-state index contributed by atoms with van der Waals surface area (Å²) in [5, 5.41) is 13.6. The summed E-state index contributed by atoms with van der Waals surface area (Å²) in [6.07, 6.45) is 0. The number of hydrogen-bond acceptors (Lipinski definition) is 4. The monoisotopic (exact) mass is 307 g/mol. The Bertz CT molecular complexity index is 631. The minimum atomic E-state index is -1.29. The van der Waals surface area contributed by atoms with Crippen LogP contribution in [0.25, 0.3) is 0 Å². The van der Waals surface area contributed by atoms with E-state index in [0.717, 1.165) is 0 Å². The van der Waals surface area contributed by atoms with E-state index in [1.807, 2.05) is 6.07 Å². The first kappa shape index (κ1) is 18.2. The molecule has 2 aromatic carbocycles. The fraction of sp³-hybridized carbons (Fsp3) is 0.125. The summed E-state index contributed by atoms with van der Waals surface area (Å²) in [7, 11) is 0. The number of para-hydroxylation sites is 1. The minimum absolute atomic E-state index is 0. The van der Waals surface area contributed by atoms with Crippen molar-refractivity contribution in [1.82, 2.24) is 5.32 Å². The molecule has 0 fully saturated rings. The van der Waals surface area contributed by atoms with Crippen LogP contribution in [0.3, 0.4) is 0 Å². The van der Waals surface area contributed by atoms with Crippen molar-refractivity contribution in [2.45, 2.75) is 0 Å². The number of carboxylic acid groups (broad SMARTS) is 1. The zero-order valence-corrected chi connectivity index (χ0v) is 14.2. The maximum Gasteiger partial charge on any atom is 1.00 e. The zero-order chi connectivity index (χ0) is 15.1. The molecule has 0 saturated carbocycles. The fourth-order valence-electron chi connectivity index (χ4n) is 1.78. The molecule has 0 unspecified atom stereocenters. The second kappa shape index (κ2) is 9.25. The van der Waals surface area contributed by atoms with Gasteiger partial charge in [0.05, 0.1) is 12.5 Å². The van der Waals surface area contributed by atoms with Crippen LogP contribution >= 0.6 is 0 Å². The summed E-state index contributed by atoms with van der Waals surface area (Å²) in [5.74, 6) is -1.27. The molecule has 0 atom stereocenters. The first-order valence-corrected chi connectivity index (χ1v) is 6.45. The summed E-state index contributed by atoms with van der Waals surface area (Å²) in [5.41, 5.74) is 0.555. The van der Waals surface area contributed by atoms with E-state index in [4.69, 9.17) is 4.74 Å². The summed E-state index contributed by atoms with van der Waals surface area (Å²) in [6, 6.07) is 15.0. The molecule has 0 bridgehead atoms. The van der Waals surface area contributed by atoms with Crippen molar-refractivity contribution in [3.8, 4) is 5.75 Å². The van der Waals surface area contributed by atoms with E-state index in [0.29, 0.717) is 5.56 Å². The van der Waals surface area contributed by atoms with E-state index in [1.165, 1.54) is 6.07 Å². The third-order valence-corrected chi connectivity index (χ3v) is 2.79. The largest absolute Gasteiger partial charge is 1.00 e. The standard InChI is InChI=1S/C16H15NO4.Na/c18-15(12-6-2-1-3-7-12)17-10-11-21-14-9-5-4-8-13(14)16(19)20;/h1-9H,10-11H2,(H,17,18)(H,19,20);/q;+1/p-1. The number of carbonyl (C=O) groups excluding carboxylic acids is 2. The van der Waals surface area contributed by atoms with E-state index in [2.05, 4.69) is 5.32 Å². The van der Waals surface area contributed by atoms with Crippen LogP contribution in [0.2, 0.25) is 0 Å². The number of carboxylic acids is 1. The van der Waals surface area contributed by atoms with Gasteiger partial charge in [0.2, 0.25) is 0 Å². The van der Waals surface area contributed by atoms with Gasteiger partial charge in [-0.3, -0.25) is 4.79 Å². The predicted octanol–water partition coefficient (Wildman–Crippen LogP) is -2.14. The number of ether oxygens (including phenoxy) is 1. The Kier molecular flexibility index (Phi) is 7.66. The number of carbonyl (C=O) groups is 2. The molecular formula is C16H14NNaO4. The predicted molar refractivity (Wildman–Crippen MR) is 75.0 cm³/mol. The molecule has 0 spiro atoms. The van der Waals surface area contributed by atoms with Crippen LogP contribution in [0.1, 0.15) is 20.7 Å². The minimum Gasteiger partial charge on any atom is -0.545 e. The van der Waals surface area contributed by atoms with Gasteiger partial charge in [-0.1, -0.05) is 30.3 Å².